The molecular weight excluding hydrogens is 346 g/mol. The first-order valence-corrected chi connectivity index (χ1v) is 9.23. The van der Waals surface area contributed by atoms with Gasteiger partial charge in [-0.15, -0.1) is 0 Å². The average molecular weight is 367 g/mol. The van der Waals surface area contributed by atoms with Crippen molar-refractivity contribution >= 4 is 21.8 Å². The molecular formula is C16H21N3O5S. The van der Waals surface area contributed by atoms with Crippen LogP contribution >= 0.6 is 0 Å². The van der Waals surface area contributed by atoms with E-state index >= 15 is 0 Å². The van der Waals surface area contributed by atoms with E-state index in [1.165, 1.54) is 12.1 Å². The molecule has 9 heteroatoms. The minimum absolute atomic E-state index is 0.0855. The number of benzene rings is 1. The standard InChI is InChI=1S/C16H21N3O5S/c1-5-24-14-7-6-12(9-13(14)16(20)21)25(22,23)18-15-8-11(4)19(17-15)10(2)3/h6-10H,5H2,1-4H3,(H,17,18)(H,20,21). The van der Waals surface area contributed by atoms with Crippen LogP contribution < -0.4 is 9.46 Å². The van der Waals surface area contributed by atoms with E-state index in [9.17, 15) is 18.3 Å². The minimum atomic E-state index is -3.97. The maximum absolute atomic E-state index is 12.5. The number of rotatable bonds is 7. The van der Waals surface area contributed by atoms with E-state index in [4.69, 9.17) is 4.74 Å². The number of carboxylic acids is 1. The zero-order valence-corrected chi connectivity index (χ0v) is 15.3. The van der Waals surface area contributed by atoms with E-state index in [0.717, 1.165) is 11.8 Å². The molecule has 0 aliphatic carbocycles. The van der Waals surface area contributed by atoms with Gasteiger partial charge in [0.15, 0.2) is 5.82 Å². The summed E-state index contributed by atoms with van der Waals surface area (Å²) >= 11 is 0. The van der Waals surface area contributed by atoms with Crippen molar-refractivity contribution in [1.82, 2.24) is 9.78 Å². The summed E-state index contributed by atoms with van der Waals surface area (Å²) in [5.74, 6) is -0.966. The molecule has 0 fully saturated rings. The van der Waals surface area contributed by atoms with Gasteiger partial charge in [0.1, 0.15) is 11.3 Å². The van der Waals surface area contributed by atoms with E-state index in [2.05, 4.69) is 9.82 Å². The molecule has 8 nitrogen and oxygen atoms in total. The van der Waals surface area contributed by atoms with Crippen molar-refractivity contribution in [2.24, 2.45) is 0 Å². The molecule has 0 spiro atoms. The van der Waals surface area contributed by atoms with Gasteiger partial charge in [-0.1, -0.05) is 0 Å². The number of aromatic carboxylic acids is 1. The Bertz CT molecular complexity index is 887. The van der Waals surface area contributed by atoms with Crippen LogP contribution in [-0.4, -0.2) is 35.9 Å². The van der Waals surface area contributed by atoms with Crippen LogP contribution in [-0.2, 0) is 10.0 Å². The molecule has 0 saturated carbocycles. The highest BCUT2D eigenvalue weighted by molar-refractivity contribution is 7.92. The third-order valence-corrected chi connectivity index (χ3v) is 4.79. The zero-order valence-electron chi connectivity index (χ0n) is 14.5. The maximum atomic E-state index is 12.5. The van der Waals surface area contributed by atoms with Gasteiger partial charge in [0.25, 0.3) is 10.0 Å². The summed E-state index contributed by atoms with van der Waals surface area (Å²) in [5.41, 5.74) is 0.597. The quantitative estimate of drug-likeness (QED) is 0.778. The predicted molar refractivity (Wildman–Crippen MR) is 92.7 cm³/mol. The second-order valence-electron chi connectivity index (χ2n) is 5.71. The highest BCUT2D eigenvalue weighted by atomic mass is 32.2. The molecule has 0 aliphatic heterocycles. The van der Waals surface area contributed by atoms with Crippen LogP contribution in [0.1, 0.15) is 42.9 Å². The number of aryl methyl sites for hydroxylation is 1. The summed E-state index contributed by atoms with van der Waals surface area (Å²) in [6, 6.07) is 5.40. The lowest BCUT2D eigenvalue weighted by Crippen LogP contribution is -2.15. The second-order valence-corrected chi connectivity index (χ2v) is 7.39. The van der Waals surface area contributed by atoms with Crippen molar-refractivity contribution in [3.63, 3.8) is 0 Å². The molecule has 0 bridgehead atoms. The fraction of sp³-hybridized carbons (Fsp3) is 0.375. The van der Waals surface area contributed by atoms with Crippen LogP contribution in [0, 0.1) is 6.92 Å². The van der Waals surface area contributed by atoms with Crippen molar-refractivity contribution in [1.29, 1.82) is 0 Å². The van der Waals surface area contributed by atoms with Gasteiger partial charge in [-0.05, 0) is 45.9 Å². The Labute approximate surface area is 146 Å². The molecule has 2 aromatic rings. The second kappa shape index (κ2) is 7.14. The van der Waals surface area contributed by atoms with Crippen LogP contribution in [0.2, 0.25) is 0 Å². The molecule has 0 amide bonds. The first-order chi connectivity index (χ1) is 11.7. The Morgan fingerprint density at radius 1 is 1.36 bits per heavy atom. The topological polar surface area (TPSA) is 111 Å². The molecule has 1 aromatic carbocycles. The van der Waals surface area contributed by atoms with Crippen LogP contribution in [0.25, 0.3) is 0 Å². The number of anilines is 1. The number of ether oxygens (including phenoxy) is 1. The molecule has 0 atom stereocenters. The van der Waals surface area contributed by atoms with Crippen molar-refractivity contribution in [2.75, 3.05) is 11.3 Å². The molecule has 1 aromatic heterocycles. The number of carboxylic acid groups (broad SMARTS) is 1. The summed E-state index contributed by atoms with van der Waals surface area (Å²) < 4.78 is 34.4. The van der Waals surface area contributed by atoms with Gasteiger partial charge in [0.05, 0.1) is 11.5 Å². The summed E-state index contributed by atoms with van der Waals surface area (Å²) in [6.45, 7) is 7.68. The number of carbonyl (C=O) groups is 1. The summed E-state index contributed by atoms with van der Waals surface area (Å²) in [4.78, 5) is 11.2. The first kappa shape index (κ1) is 18.8. The van der Waals surface area contributed by atoms with Gasteiger partial charge in [-0.2, -0.15) is 5.10 Å². The number of sulfonamides is 1. The normalized spacial score (nSPS) is 11.6. The number of nitrogens with zero attached hydrogens (tertiary/aromatic N) is 2. The summed E-state index contributed by atoms with van der Waals surface area (Å²) in [5, 5.41) is 13.5. The lowest BCUT2D eigenvalue weighted by atomic mass is 10.2. The number of hydrogen-bond acceptors (Lipinski definition) is 5. The van der Waals surface area contributed by atoms with Gasteiger partial charge >= 0.3 is 5.97 Å². The Morgan fingerprint density at radius 2 is 2.04 bits per heavy atom. The van der Waals surface area contributed by atoms with Crippen molar-refractivity contribution in [3.05, 3.63) is 35.5 Å². The molecule has 136 valence electrons. The highest BCUT2D eigenvalue weighted by Gasteiger charge is 2.21. The Morgan fingerprint density at radius 3 is 2.56 bits per heavy atom. The smallest absolute Gasteiger partial charge is 0.339 e. The molecule has 1 heterocycles. The number of hydrogen-bond donors (Lipinski definition) is 2. The van der Waals surface area contributed by atoms with Gasteiger partial charge in [0, 0.05) is 17.8 Å². The fourth-order valence-corrected chi connectivity index (χ4v) is 3.39. The van der Waals surface area contributed by atoms with E-state index in [1.807, 2.05) is 20.8 Å². The maximum Gasteiger partial charge on any atom is 0.339 e. The molecule has 0 unspecified atom stereocenters. The Hall–Kier alpha value is -2.55. The van der Waals surface area contributed by atoms with E-state index in [1.54, 1.807) is 17.7 Å². The Balaban J connectivity index is 2.38. The molecule has 0 radical (unpaired) electrons. The zero-order chi connectivity index (χ0) is 18.8. The minimum Gasteiger partial charge on any atom is -0.493 e. The van der Waals surface area contributed by atoms with Gasteiger partial charge in [0.2, 0.25) is 0 Å². The van der Waals surface area contributed by atoms with E-state index in [-0.39, 0.29) is 34.7 Å². The largest absolute Gasteiger partial charge is 0.493 e. The summed E-state index contributed by atoms with van der Waals surface area (Å²) in [6.07, 6.45) is 0. The average Bonchev–Trinajstić information content (AvgIpc) is 2.87. The lowest BCUT2D eigenvalue weighted by molar-refractivity contribution is 0.0692. The third-order valence-electron chi connectivity index (χ3n) is 3.44. The van der Waals surface area contributed by atoms with Crippen LogP contribution in [0.15, 0.2) is 29.2 Å². The van der Waals surface area contributed by atoms with Gasteiger partial charge < -0.3 is 9.84 Å². The SMILES string of the molecule is CCOc1ccc(S(=O)(=O)Nc2cc(C)n(C(C)C)n2)cc1C(=O)O. The monoisotopic (exact) mass is 367 g/mol. The molecule has 25 heavy (non-hydrogen) atoms. The van der Waals surface area contributed by atoms with E-state index < -0.39 is 16.0 Å². The van der Waals surface area contributed by atoms with Crippen molar-refractivity contribution in [2.45, 2.75) is 38.6 Å². The highest BCUT2D eigenvalue weighted by Crippen LogP contribution is 2.24. The van der Waals surface area contributed by atoms with Crippen molar-refractivity contribution < 1.29 is 23.1 Å². The summed E-state index contributed by atoms with van der Waals surface area (Å²) in [7, 11) is -3.97. The first-order valence-electron chi connectivity index (χ1n) is 7.74. The predicted octanol–water partition coefficient (Wildman–Crippen LogP) is 2.67. The van der Waals surface area contributed by atoms with Crippen LogP contribution in [0.5, 0.6) is 5.75 Å². The van der Waals surface area contributed by atoms with Crippen LogP contribution in [0.4, 0.5) is 5.82 Å². The van der Waals surface area contributed by atoms with Crippen molar-refractivity contribution in [3.8, 4) is 5.75 Å². The van der Waals surface area contributed by atoms with Crippen LogP contribution in [0.3, 0.4) is 0 Å². The molecule has 0 aliphatic rings. The number of nitrogens with one attached hydrogen (secondary N) is 1. The number of aromatic nitrogens is 2. The Kier molecular flexibility index (Phi) is 5.36. The lowest BCUT2D eigenvalue weighted by Gasteiger charge is -2.10. The van der Waals surface area contributed by atoms with E-state index in [0.29, 0.717) is 0 Å². The molecule has 0 saturated heterocycles. The molecule has 2 rings (SSSR count). The fourth-order valence-electron chi connectivity index (χ4n) is 2.38. The van der Waals surface area contributed by atoms with Gasteiger partial charge in [-0.3, -0.25) is 9.40 Å². The van der Waals surface area contributed by atoms with Gasteiger partial charge in [-0.25, -0.2) is 13.2 Å². The third kappa shape index (κ3) is 4.11. The molecule has 2 N–H and O–H groups in total.